The maximum Gasteiger partial charge on any atom is 0.416 e. The van der Waals surface area contributed by atoms with Crippen LogP contribution in [0.15, 0.2) is 36.5 Å². The van der Waals surface area contributed by atoms with Crippen molar-refractivity contribution < 1.29 is 18.3 Å². The molecule has 0 spiro atoms. The van der Waals surface area contributed by atoms with Gasteiger partial charge < -0.3 is 5.11 Å². The van der Waals surface area contributed by atoms with E-state index in [2.05, 4.69) is 10.2 Å². The normalized spacial score (nSPS) is 23.1. The number of alkyl halides is 3. The van der Waals surface area contributed by atoms with Gasteiger partial charge in [-0.25, -0.2) is 0 Å². The van der Waals surface area contributed by atoms with Crippen molar-refractivity contribution in [3.05, 3.63) is 53.3 Å². The second kappa shape index (κ2) is 5.73. The Morgan fingerprint density at radius 2 is 1.95 bits per heavy atom. The van der Waals surface area contributed by atoms with Gasteiger partial charge >= 0.3 is 6.18 Å². The van der Waals surface area contributed by atoms with E-state index in [1.807, 2.05) is 11.0 Å². The lowest BCUT2D eigenvalue weighted by Gasteiger charge is -2.24. The number of benzene rings is 1. The van der Waals surface area contributed by atoms with Crippen molar-refractivity contribution >= 4 is 0 Å². The van der Waals surface area contributed by atoms with Gasteiger partial charge in [0.25, 0.3) is 0 Å². The first-order chi connectivity index (χ1) is 10.4. The minimum Gasteiger partial charge on any atom is -0.392 e. The first-order valence-corrected chi connectivity index (χ1v) is 7.01. The van der Waals surface area contributed by atoms with Crippen LogP contribution in [0.2, 0.25) is 0 Å². The van der Waals surface area contributed by atoms with E-state index in [0.717, 1.165) is 23.4 Å². The number of aliphatic hydroxyl groups is 1. The van der Waals surface area contributed by atoms with E-state index in [4.69, 9.17) is 0 Å². The fraction of sp³-hybridized carbons (Fsp3) is 0.400. The lowest BCUT2D eigenvalue weighted by molar-refractivity contribution is -0.137. The monoisotopic (exact) mass is 311 g/mol. The summed E-state index contributed by atoms with van der Waals surface area (Å²) < 4.78 is 37.9. The summed E-state index contributed by atoms with van der Waals surface area (Å²) in [6.45, 7) is 1.06. The summed E-state index contributed by atoms with van der Waals surface area (Å²) >= 11 is 0. The number of β-amino-alcohol motifs (C(OH)–C–C–N with tert-alkyl or cyclic N) is 1. The molecule has 0 aliphatic carbocycles. The highest BCUT2D eigenvalue weighted by Gasteiger charge is 2.34. The Morgan fingerprint density at radius 3 is 2.55 bits per heavy atom. The van der Waals surface area contributed by atoms with Crippen molar-refractivity contribution in [2.45, 2.75) is 31.3 Å². The molecule has 7 heteroatoms. The lowest BCUT2D eigenvalue weighted by atomic mass is 10.0. The Bertz CT molecular complexity index is 610. The zero-order valence-corrected chi connectivity index (χ0v) is 11.7. The number of likely N-dealkylation sites (tertiary alicyclic amines) is 1. The second-order valence-corrected chi connectivity index (χ2v) is 5.54. The van der Waals surface area contributed by atoms with Crippen molar-refractivity contribution in [2.24, 2.45) is 0 Å². The van der Waals surface area contributed by atoms with Crippen LogP contribution in [0.5, 0.6) is 0 Å². The first kappa shape index (κ1) is 15.1. The third-order valence-electron chi connectivity index (χ3n) is 3.94. The Morgan fingerprint density at radius 1 is 1.23 bits per heavy atom. The number of aromatic amines is 1. The molecular weight excluding hydrogens is 295 g/mol. The Hall–Kier alpha value is -1.86. The Balaban J connectivity index is 1.79. The molecule has 0 radical (unpaired) electrons. The average molecular weight is 311 g/mol. The number of aromatic nitrogens is 2. The highest BCUT2D eigenvalue weighted by molar-refractivity contribution is 5.27. The van der Waals surface area contributed by atoms with E-state index in [1.165, 1.54) is 12.1 Å². The summed E-state index contributed by atoms with van der Waals surface area (Å²) in [6, 6.07) is 6.91. The van der Waals surface area contributed by atoms with E-state index in [1.54, 1.807) is 6.20 Å². The number of H-pyrrole nitrogens is 1. The fourth-order valence-corrected chi connectivity index (χ4v) is 2.89. The predicted molar refractivity (Wildman–Crippen MR) is 73.8 cm³/mol. The minimum absolute atomic E-state index is 0.0967. The van der Waals surface area contributed by atoms with Gasteiger partial charge in [-0.2, -0.15) is 18.3 Å². The van der Waals surface area contributed by atoms with Gasteiger partial charge in [-0.3, -0.25) is 10.00 Å². The Labute approximate surface area is 125 Å². The van der Waals surface area contributed by atoms with Crippen LogP contribution in [0.4, 0.5) is 13.2 Å². The second-order valence-electron chi connectivity index (χ2n) is 5.54. The molecule has 2 N–H and O–H groups in total. The van der Waals surface area contributed by atoms with E-state index in [0.29, 0.717) is 19.5 Å². The summed E-state index contributed by atoms with van der Waals surface area (Å²) in [5.74, 6) is 0. The zero-order valence-electron chi connectivity index (χ0n) is 11.7. The average Bonchev–Trinajstić information content (AvgIpc) is 3.08. The number of aliphatic hydroxyl groups excluding tert-OH is 1. The molecule has 1 aliphatic rings. The van der Waals surface area contributed by atoms with Crippen LogP contribution in [0.1, 0.15) is 29.3 Å². The molecule has 4 nitrogen and oxygen atoms in total. The van der Waals surface area contributed by atoms with E-state index in [-0.39, 0.29) is 6.04 Å². The lowest BCUT2D eigenvalue weighted by Crippen LogP contribution is -2.24. The van der Waals surface area contributed by atoms with Crippen molar-refractivity contribution in [3.63, 3.8) is 0 Å². The molecule has 2 unspecified atom stereocenters. The molecule has 1 aromatic carbocycles. The Kier molecular flexibility index (Phi) is 3.92. The van der Waals surface area contributed by atoms with Crippen molar-refractivity contribution in [1.29, 1.82) is 0 Å². The zero-order chi connectivity index (χ0) is 15.7. The summed E-state index contributed by atoms with van der Waals surface area (Å²) in [7, 11) is 0. The molecule has 1 aliphatic heterocycles. The highest BCUT2D eigenvalue weighted by Crippen LogP contribution is 2.35. The van der Waals surface area contributed by atoms with Crippen molar-refractivity contribution in [1.82, 2.24) is 15.1 Å². The molecular formula is C15H16F3N3O. The van der Waals surface area contributed by atoms with Gasteiger partial charge in [-0.15, -0.1) is 0 Å². The maximum absolute atomic E-state index is 12.6. The topological polar surface area (TPSA) is 52.1 Å². The van der Waals surface area contributed by atoms with Gasteiger partial charge in [0.15, 0.2) is 0 Å². The van der Waals surface area contributed by atoms with Crippen LogP contribution in [0.3, 0.4) is 0 Å². The molecule has 0 bridgehead atoms. The van der Waals surface area contributed by atoms with Crippen molar-refractivity contribution in [3.8, 4) is 0 Å². The van der Waals surface area contributed by atoms with Crippen molar-refractivity contribution in [2.75, 3.05) is 6.54 Å². The quantitative estimate of drug-likeness (QED) is 0.916. The molecule has 118 valence electrons. The maximum atomic E-state index is 12.6. The number of hydrogen-bond acceptors (Lipinski definition) is 3. The highest BCUT2D eigenvalue weighted by atomic mass is 19.4. The van der Waals surface area contributed by atoms with Gasteiger partial charge in [0.1, 0.15) is 0 Å². The van der Waals surface area contributed by atoms with Gasteiger partial charge in [0.05, 0.1) is 11.7 Å². The van der Waals surface area contributed by atoms with Gasteiger partial charge in [0.2, 0.25) is 0 Å². The van der Waals surface area contributed by atoms with E-state index in [9.17, 15) is 18.3 Å². The largest absolute Gasteiger partial charge is 0.416 e. The minimum atomic E-state index is -4.33. The molecule has 1 aromatic heterocycles. The summed E-state index contributed by atoms with van der Waals surface area (Å²) in [6.07, 6.45) is -2.65. The summed E-state index contributed by atoms with van der Waals surface area (Å²) in [5, 5.41) is 16.6. The smallest absolute Gasteiger partial charge is 0.392 e. The number of nitrogens with zero attached hydrogens (tertiary/aromatic N) is 2. The molecule has 3 rings (SSSR count). The SMILES string of the molecule is OC1CC(c2ccc(C(F)(F)F)cc2)N(Cc2ccn[nH]2)C1. The summed E-state index contributed by atoms with van der Waals surface area (Å²) in [4.78, 5) is 2.04. The molecule has 2 atom stereocenters. The van der Waals surface area contributed by atoms with Gasteiger partial charge in [-0.1, -0.05) is 12.1 Å². The van der Waals surface area contributed by atoms with Crippen LogP contribution < -0.4 is 0 Å². The third kappa shape index (κ3) is 3.15. The van der Waals surface area contributed by atoms with Crippen LogP contribution in [-0.2, 0) is 12.7 Å². The fourth-order valence-electron chi connectivity index (χ4n) is 2.89. The molecule has 1 fully saturated rings. The number of rotatable bonds is 3. The first-order valence-electron chi connectivity index (χ1n) is 7.01. The standard InChI is InChI=1S/C15H16F3N3O/c16-15(17,18)11-3-1-10(2-4-11)14-7-13(22)9-21(14)8-12-5-6-19-20-12/h1-6,13-14,22H,7-9H2,(H,19,20). The van der Waals surface area contributed by atoms with Crippen LogP contribution in [0, 0.1) is 0 Å². The predicted octanol–water partition coefficient (Wildman–Crippen LogP) is 2.74. The molecule has 0 amide bonds. The van der Waals surface area contributed by atoms with Crippen LogP contribution >= 0.6 is 0 Å². The molecule has 22 heavy (non-hydrogen) atoms. The molecule has 2 aromatic rings. The number of halogens is 3. The van der Waals surface area contributed by atoms with Crippen LogP contribution in [0.25, 0.3) is 0 Å². The van der Waals surface area contributed by atoms with Crippen LogP contribution in [-0.4, -0.2) is 32.9 Å². The van der Waals surface area contributed by atoms with Gasteiger partial charge in [-0.05, 0) is 30.2 Å². The summed E-state index contributed by atoms with van der Waals surface area (Å²) in [5.41, 5.74) is 1.03. The molecule has 0 saturated carbocycles. The number of nitrogens with one attached hydrogen (secondary N) is 1. The van der Waals surface area contributed by atoms with E-state index < -0.39 is 17.8 Å². The van der Waals surface area contributed by atoms with E-state index >= 15 is 0 Å². The molecule has 1 saturated heterocycles. The molecule has 2 heterocycles. The number of hydrogen-bond donors (Lipinski definition) is 2. The van der Waals surface area contributed by atoms with Gasteiger partial charge in [0, 0.05) is 31.0 Å². The third-order valence-corrected chi connectivity index (χ3v) is 3.94.